The van der Waals surface area contributed by atoms with Crippen molar-refractivity contribution in [2.75, 3.05) is 0 Å². The van der Waals surface area contributed by atoms with Crippen LogP contribution in [0.2, 0.25) is 0 Å². The Kier molecular flexibility index (Phi) is 2.86. The summed E-state index contributed by atoms with van der Waals surface area (Å²) in [7, 11) is 0. The number of benzene rings is 1. The summed E-state index contributed by atoms with van der Waals surface area (Å²) in [6.07, 6.45) is 1.81. The normalized spacial score (nSPS) is 10.0. The second kappa shape index (κ2) is 4.48. The van der Waals surface area contributed by atoms with Gasteiger partial charge in [0.1, 0.15) is 12.4 Å². The van der Waals surface area contributed by atoms with Crippen molar-refractivity contribution in [1.29, 1.82) is 0 Å². The molecule has 0 unspecified atom stereocenters. The molecular formula is C11H10N2O3. The lowest BCUT2D eigenvalue weighted by Gasteiger charge is -2.03. The zero-order valence-corrected chi connectivity index (χ0v) is 8.42. The van der Waals surface area contributed by atoms with E-state index in [0.717, 1.165) is 5.69 Å². The maximum Gasteiger partial charge on any atom is 0.269 e. The minimum atomic E-state index is -0.436. The van der Waals surface area contributed by atoms with Gasteiger partial charge >= 0.3 is 0 Å². The molecule has 1 aromatic carbocycles. The van der Waals surface area contributed by atoms with Gasteiger partial charge in [0.05, 0.1) is 10.6 Å². The molecule has 0 aliphatic heterocycles. The van der Waals surface area contributed by atoms with E-state index in [0.29, 0.717) is 12.4 Å². The summed E-state index contributed by atoms with van der Waals surface area (Å²) >= 11 is 0. The summed E-state index contributed by atoms with van der Waals surface area (Å²) < 4.78 is 5.43. The molecule has 2 aromatic rings. The van der Waals surface area contributed by atoms with E-state index in [9.17, 15) is 10.1 Å². The van der Waals surface area contributed by atoms with Crippen molar-refractivity contribution in [2.45, 2.75) is 6.61 Å². The number of non-ortho nitro benzene ring substituents is 1. The van der Waals surface area contributed by atoms with Crippen LogP contribution in [0.4, 0.5) is 5.69 Å². The number of ether oxygens (including phenoxy) is 1. The van der Waals surface area contributed by atoms with Crippen molar-refractivity contribution in [3.63, 3.8) is 0 Å². The quantitative estimate of drug-likeness (QED) is 0.633. The lowest BCUT2D eigenvalue weighted by Crippen LogP contribution is -1.95. The average Bonchev–Trinajstić information content (AvgIpc) is 2.80. The number of hydrogen-bond acceptors (Lipinski definition) is 3. The van der Waals surface area contributed by atoms with Crippen LogP contribution < -0.4 is 4.74 Å². The van der Waals surface area contributed by atoms with Crippen molar-refractivity contribution < 1.29 is 9.66 Å². The van der Waals surface area contributed by atoms with Gasteiger partial charge in [-0.05, 0) is 24.3 Å². The zero-order valence-electron chi connectivity index (χ0n) is 8.42. The van der Waals surface area contributed by atoms with Gasteiger partial charge in [0.25, 0.3) is 5.69 Å². The van der Waals surface area contributed by atoms with E-state index in [1.165, 1.54) is 12.1 Å². The van der Waals surface area contributed by atoms with Gasteiger partial charge in [-0.2, -0.15) is 0 Å². The monoisotopic (exact) mass is 218 g/mol. The number of H-pyrrole nitrogens is 1. The molecule has 1 aromatic heterocycles. The van der Waals surface area contributed by atoms with Gasteiger partial charge in [0, 0.05) is 18.3 Å². The lowest BCUT2D eigenvalue weighted by molar-refractivity contribution is -0.384. The number of rotatable bonds is 4. The fraction of sp³-hybridized carbons (Fsp3) is 0.0909. The molecule has 0 saturated heterocycles. The third-order valence-corrected chi connectivity index (χ3v) is 2.10. The van der Waals surface area contributed by atoms with Crippen LogP contribution in [-0.2, 0) is 6.61 Å². The van der Waals surface area contributed by atoms with Crippen LogP contribution >= 0.6 is 0 Å². The molecule has 82 valence electrons. The molecule has 0 bridgehead atoms. The maximum atomic E-state index is 10.4. The Bertz CT molecular complexity index is 462. The Balaban J connectivity index is 1.98. The van der Waals surface area contributed by atoms with Crippen molar-refractivity contribution in [3.8, 4) is 5.75 Å². The maximum absolute atomic E-state index is 10.4. The molecule has 1 heterocycles. The number of aromatic amines is 1. The number of nitro benzene ring substituents is 1. The second-order valence-electron chi connectivity index (χ2n) is 3.24. The van der Waals surface area contributed by atoms with Crippen molar-refractivity contribution in [2.24, 2.45) is 0 Å². The second-order valence-corrected chi connectivity index (χ2v) is 3.24. The van der Waals surface area contributed by atoms with Gasteiger partial charge < -0.3 is 9.72 Å². The fourth-order valence-corrected chi connectivity index (χ4v) is 1.28. The van der Waals surface area contributed by atoms with Crippen LogP contribution in [-0.4, -0.2) is 9.91 Å². The third kappa shape index (κ3) is 2.38. The van der Waals surface area contributed by atoms with Crippen molar-refractivity contribution >= 4 is 5.69 Å². The average molecular weight is 218 g/mol. The lowest BCUT2D eigenvalue weighted by atomic mass is 10.3. The summed E-state index contributed by atoms with van der Waals surface area (Å²) in [6.45, 7) is 0.421. The first kappa shape index (κ1) is 10.2. The van der Waals surface area contributed by atoms with E-state index in [-0.39, 0.29) is 5.69 Å². The highest BCUT2D eigenvalue weighted by Crippen LogP contribution is 2.18. The Morgan fingerprint density at radius 1 is 1.25 bits per heavy atom. The molecule has 0 atom stereocenters. The molecule has 0 fully saturated rings. The first-order valence-corrected chi connectivity index (χ1v) is 4.75. The molecule has 5 heteroatoms. The minimum Gasteiger partial charge on any atom is -0.487 e. The van der Waals surface area contributed by atoms with E-state index in [1.807, 2.05) is 18.3 Å². The molecule has 0 radical (unpaired) electrons. The first-order valence-electron chi connectivity index (χ1n) is 4.75. The van der Waals surface area contributed by atoms with Crippen LogP contribution in [0.3, 0.4) is 0 Å². The summed E-state index contributed by atoms with van der Waals surface area (Å²) in [4.78, 5) is 13.0. The van der Waals surface area contributed by atoms with Crippen LogP contribution in [0.1, 0.15) is 5.69 Å². The highest BCUT2D eigenvalue weighted by atomic mass is 16.6. The van der Waals surface area contributed by atoms with Crippen LogP contribution in [0, 0.1) is 10.1 Å². The Morgan fingerprint density at radius 2 is 2.00 bits per heavy atom. The van der Waals surface area contributed by atoms with Gasteiger partial charge in [0.2, 0.25) is 0 Å². The topological polar surface area (TPSA) is 68.2 Å². The number of hydrogen-bond donors (Lipinski definition) is 1. The van der Waals surface area contributed by atoms with Gasteiger partial charge in [0.15, 0.2) is 0 Å². The molecule has 0 spiro atoms. The largest absolute Gasteiger partial charge is 0.487 e. The summed E-state index contributed by atoms with van der Waals surface area (Å²) in [5.41, 5.74) is 1.02. The van der Waals surface area contributed by atoms with E-state index in [4.69, 9.17) is 4.74 Å². The number of nitrogens with one attached hydrogen (secondary N) is 1. The number of nitrogens with zero attached hydrogens (tertiary/aromatic N) is 1. The van der Waals surface area contributed by atoms with E-state index in [2.05, 4.69) is 4.98 Å². The molecule has 0 aliphatic carbocycles. The smallest absolute Gasteiger partial charge is 0.269 e. The van der Waals surface area contributed by atoms with Crippen LogP contribution in [0.25, 0.3) is 0 Å². The molecule has 0 saturated carbocycles. The Morgan fingerprint density at radius 3 is 2.56 bits per heavy atom. The molecule has 5 nitrogen and oxygen atoms in total. The van der Waals surface area contributed by atoms with E-state index >= 15 is 0 Å². The first-order chi connectivity index (χ1) is 7.75. The molecule has 2 rings (SSSR count). The van der Waals surface area contributed by atoms with E-state index < -0.39 is 4.92 Å². The predicted octanol–water partition coefficient (Wildman–Crippen LogP) is 2.50. The van der Waals surface area contributed by atoms with E-state index in [1.54, 1.807) is 12.1 Å². The number of nitro groups is 1. The van der Waals surface area contributed by atoms with Gasteiger partial charge in [-0.15, -0.1) is 0 Å². The third-order valence-electron chi connectivity index (χ3n) is 2.10. The van der Waals surface area contributed by atoms with Gasteiger partial charge in [-0.25, -0.2) is 0 Å². The standard InChI is InChI=1S/C11H10N2O3/c14-13(15)10-3-5-11(6-4-10)16-8-9-2-1-7-12-9/h1-7,12H,8H2. The molecule has 0 aliphatic rings. The summed E-state index contributed by atoms with van der Waals surface area (Å²) in [5, 5.41) is 10.4. The van der Waals surface area contributed by atoms with Crippen LogP contribution in [0.5, 0.6) is 5.75 Å². The predicted molar refractivity (Wildman–Crippen MR) is 58.2 cm³/mol. The SMILES string of the molecule is O=[N+]([O-])c1ccc(OCc2ccc[nH]2)cc1. The van der Waals surface area contributed by atoms with Crippen molar-refractivity contribution in [3.05, 3.63) is 58.4 Å². The zero-order chi connectivity index (χ0) is 11.4. The highest BCUT2D eigenvalue weighted by molar-refractivity contribution is 5.36. The Labute approximate surface area is 91.8 Å². The molecule has 16 heavy (non-hydrogen) atoms. The molecule has 0 amide bonds. The van der Waals surface area contributed by atoms with Gasteiger partial charge in [-0.1, -0.05) is 0 Å². The number of aromatic nitrogens is 1. The van der Waals surface area contributed by atoms with Crippen molar-refractivity contribution in [1.82, 2.24) is 4.98 Å². The van der Waals surface area contributed by atoms with Gasteiger partial charge in [-0.3, -0.25) is 10.1 Å². The fourth-order valence-electron chi connectivity index (χ4n) is 1.28. The minimum absolute atomic E-state index is 0.0622. The summed E-state index contributed by atoms with van der Waals surface area (Å²) in [5.74, 6) is 0.611. The summed E-state index contributed by atoms with van der Waals surface area (Å²) in [6, 6.07) is 9.80. The molecule has 1 N–H and O–H groups in total. The molecular weight excluding hydrogens is 208 g/mol. The van der Waals surface area contributed by atoms with Crippen LogP contribution in [0.15, 0.2) is 42.6 Å². The Hall–Kier alpha value is -2.30. The highest BCUT2D eigenvalue weighted by Gasteiger charge is 2.04.